The third kappa shape index (κ3) is 3.93. The van der Waals surface area contributed by atoms with Gasteiger partial charge in [-0.3, -0.25) is 0 Å². The molecule has 0 radical (unpaired) electrons. The highest BCUT2D eigenvalue weighted by Gasteiger charge is 2.26. The minimum Gasteiger partial charge on any atom is -0.493 e. The maximum Gasteiger partial charge on any atom is 0.314 e. The number of hydrogen-bond donors (Lipinski definition) is 2. The smallest absolute Gasteiger partial charge is 0.314 e. The molecule has 6 nitrogen and oxygen atoms in total. The van der Waals surface area contributed by atoms with Crippen molar-refractivity contribution in [1.29, 1.82) is 0 Å². The van der Waals surface area contributed by atoms with E-state index in [1.54, 1.807) is 0 Å². The van der Waals surface area contributed by atoms with Gasteiger partial charge >= 0.3 is 6.03 Å². The number of amides is 2. The third-order valence-electron chi connectivity index (χ3n) is 4.49. The number of carbonyl (C=O) groups is 1. The van der Waals surface area contributed by atoms with E-state index in [-0.39, 0.29) is 6.03 Å². The molecule has 0 aromatic heterocycles. The molecular weight excluding hydrogens is 306 g/mol. The number of hydrogen-bond acceptors (Lipinski definition) is 4. The van der Waals surface area contributed by atoms with Gasteiger partial charge in [0.15, 0.2) is 0 Å². The Morgan fingerprint density at radius 2 is 1.96 bits per heavy atom. The second-order valence-electron chi connectivity index (χ2n) is 6.61. The first kappa shape index (κ1) is 16.9. The van der Waals surface area contributed by atoms with Crippen LogP contribution in [0.15, 0.2) is 6.07 Å². The van der Waals surface area contributed by atoms with Gasteiger partial charge in [0, 0.05) is 42.6 Å². The molecule has 0 spiro atoms. The summed E-state index contributed by atoms with van der Waals surface area (Å²) in [7, 11) is 4.06. The van der Waals surface area contributed by atoms with Crippen molar-refractivity contribution in [1.82, 2.24) is 15.5 Å². The van der Waals surface area contributed by atoms with Gasteiger partial charge in [0.2, 0.25) is 0 Å². The molecule has 3 rings (SSSR count). The Morgan fingerprint density at radius 1 is 1.17 bits per heavy atom. The molecule has 24 heavy (non-hydrogen) atoms. The van der Waals surface area contributed by atoms with Crippen molar-refractivity contribution < 1.29 is 14.3 Å². The second kappa shape index (κ2) is 7.75. The molecule has 0 unspecified atom stereocenters. The molecule has 0 fully saturated rings. The van der Waals surface area contributed by atoms with Gasteiger partial charge in [-0.15, -0.1) is 0 Å². The Morgan fingerprint density at radius 3 is 2.79 bits per heavy atom. The van der Waals surface area contributed by atoms with Crippen LogP contribution in [0.25, 0.3) is 0 Å². The first-order chi connectivity index (χ1) is 11.6. The van der Waals surface area contributed by atoms with Crippen LogP contribution < -0.4 is 20.1 Å². The van der Waals surface area contributed by atoms with Gasteiger partial charge in [0.1, 0.15) is 11.5 Å². The number of rotatable bonds is 7. The summed E-state index contributed by atoms with van der Waals surface area (Å²) in [6.07, 6.45) is 3.60. The van der Waals surface area contributed by atoms with Crippen molar-refractivity contribution >= 4 is 6.03 Å². The van der Waals surface area contributed by atoms with Crippen molar-refractivity contribution in [2.24, 2.45) is 0 Å². The molecule has 2 aliphatic heterocycles. The summed E-state index contributed by atoms with van der Waals surface area (Å²) in [6.45, 7) is 3.75. The largest absolute Gasteiger partial charge is 0.493 e. The van der Waals surface area contributed by atoms with Crippen LogP contribution in [0.2, 0.25) is 0 Å². The highest BCUT2D eigenvalue weighted by molar-refractivity contribution is 5.73. The molecule has 0 aliphatic carbocycles. The van der Waals surface area contributed by atoms with Gasteiger partial charge in [0.25, 0.3) is 0 Å². The van der Waals surface area contributed by atoms with Gasteiger partial charge in [-0.2, -0.15) is 0 Å². The number of nitrogens with zero attached hydrogens (tertiary/aromatic N) is 1. The monoisotopic (exact) mass is 333 g/mol. The Bertz CT molecular complexity index is 569. The van der Waals surface area contributed by atoms with Crippen LogP contribution in [0.4, 0.5) is 4.79 Å². The van der Waals surface area contributed by atoms with Gasteiger partial charge in [-0.25, -0.2) is 4.79 Å². The molecule has 2 heterocycles. The highest BCUT2D eigenvalue weighted by Crippen LogP contribution is 2.40. The van der Waals surface area contributed by atoms with Crippen LogP contribution in [-0.4, -0.2) is 57.9 Å². The SMILES string of the molecule is CN(C)CCCNC(=O)NCCc1c2c(cc3c1OCC3)OCC2. The maximum atomic E-state index is 11.9. The van der Waals surface area contributed by atoms with E-state index in [1.807, 2.05) is 14.1 Å². The lowest BCUT2D eigenvalue weighted by Crippen LogP contribution is -2.37. The average molecular weight is 333 g/mol. The Balaban J connectivity index is 1.50. The fourth-order valence-corrected chi connectivity index (χ4v) is 3.31. The summed E-state index contributed by atoms with van der Waals surface area (Å²) in [4.78, 5) is 14.0. The van der Waals surface area contributed by atoms with Crippen molar-refractivity contribution in [3.63, 3.8) is 0 Å². The fraction of sp³-hybridized carbons (Fsp3) is 0.611. The first-order valence-corrected chi connectivity index (χ1v) is 8.75. The molecule has 2 amide bonds. The van der Waals surface area contributed by atoms with E-state index in [1.165, 1.54) is 16.7 Å². The van der Waals surface area contributed by atoms with Crippen LogP contribution in [0.5, 0.6) is 11.5 Å². The normalized spacial score (nSPS) is 14.8. The lowest BCUT2D eigenvalue weighted by molar-refractivity contribution is 0.240. The zero-order valence-corrected chi connectivity index (χ0v) is 14.6. The molecular formula is C18H27N3O3. The van der Waals surface area contributed by atoms with Gasteiger partial charge in [-0.1, -0.05) is 0 Å². The van der Waals surface area contributed by atoms with Gasteiger partial charge < -0.3 is 25.0 Å². The molecule has 2 aliphatic rings. The molecule has 0 saturated heterocycles. The molecule has 0 atom stereocenters. The van der Waals surface area contributed by atoms with Crippen molar-refractivity contribution in [2.45, 2.75) is 25.7 Å². The number of carbonyl (C=O) groups excluding carboxylic acids is 1. The maximum absolute atomic E-state index is 11.9. The Hall–Kier alpha value is -1.95. The highest BCUT2D eigenvalue weighted by atomic mass is 16.5. The molecule has 2 N–H and O–H groups in total. The average Bonchev–Trinajstić information content (AvgIpc) is 3.19. The van der Waals surface area contributed by atoms with E-state index < -0.39 is 0 Å². The van der Waals surface area contributed by atoms with Crippen molar-refractivity contribution in [2.75, 3.05) is 46.9 Å². The molecule has 132 valence electrons. The third-order valence-corrected chi connectivity index (χ3v) is 4.49. The summed E-state index contributed by atoms with van der Waals surface area (Å²) < 4.78 is 11.5. The minimum atomic E-state index is -0.102. The van der Waals surface area contributed by atoms with Crippen LogP contribution in [0.3, 0.4) is 0 Å². The van der Waals surface area contributed by atoms with E-state index in [4.69, 9.17) is 9.47 Å². The quantitative estimate of drug-likeness (QED) is 0.740. The number of benzene rings is 1. The number of ether oxygens (including phenoxy) is 2. The lowest BCUT2D eigenvalue weighted by Gasteiger charge is -2.14. The Kier molecular flexibility index (Phi) is 5.45. The summed E-state index contributed by atoms with van der Waals surface area (Å²) in [5, 5.41) is 5.84. The van der Waals surface area contributed by atoms with Crippen LogP contribution in [0.1, 0.15) is 23.1 Å². The topological polar surface area (TPSA) is 62.8 Å². The Labute approximate surface area is 143 Å². The van der Waals surface area contributed by atoms with Crippen LogP contribution in [0, 0.1) is 0 Å². The minimum absolute atomic E-state index is 0.102. The predicted octanol–water partition coefficient (Wildman–Crippen LogP) is 1.35. The first-order valence-electron chi connectivity index (χ1n) is 8.75. The summed E-state index contributed by atoms with van der Waals surface area (Å²) in [5.41, 5.74) is 3.70. The number of fused-ring (bicyclic) bond motifs is 2. The molecule has 0 bridgehead atoms. The van der Waals surface area contributed by atoms with Crippen molar-refractivity contribution in [3.8, 4) is 11.5 Å². The van der Waals surface area contributed by atoms with E-state index in [0.717, 1.165) is 56.9 Å². The molecule has 0 saturated carbocycles. The van der Waals surface area contributed by atoms with E-state index >= 15 is 0 Å². The van der Waals surface area contributed by atoms with Crippen LogP contribution >= 0.6 is 0 Å². The second-order valence-corrected chi connectivity index (χ2v) is 6.61. The van der Waals surface area contributed by atoms with E-state index in [0.29, 0.717) is 13.1 Å². The fourth-order valence-electron chi connectivity index (χ4n) is 3.31. The molecule has 6 heteroatoms. The molecule has 1 aromatic carbocycles. The van der Waals surface area contributed by atoms with Gasteiger partial charge in [-0.05, 0) is 39.5 Å². The zero-order chi connectivity index (χ0) is 16.9. The summed E-state index contributed by atoms with van der Waals surface area (Å²) >= 11 is 0. The van der Waals surface area contributed by atoms with Crippen molar-refractivity contribution in [3.05, 3.63) is 22.8 Å². The van der Waals surface area contributed by atoms with E-state index in [9.17, 15) is 4.79 Å². The molecule has 1 aromatic rings. The van der Waals surface area contributed by atoms with Crippen LogP contribution in [-0.2, 0) is 19.3 Å². The zero-order valence-electron chi connectivity index (χ0n) is 14.6. The number of nitrogens with one attached hydrogen (secondary N) is 2. The lowest BCUT2D eigenvalue weighted by atomic mass is 9.97. The predicted molar refractivity (Wildman–Crippen MR) is 93.1 cm³/mol. The summed E-state index contributed by atoms with van der Waals surface area (Å²) in [6, 6.07) is 2.02. The standard InChI is InChI=1S/C18H27N3O3/c1-21(2)9-3-7-19-18(22)20-8-4-15-14-6-11-23-16(14)12-13-5-10-24-17(13)15/h12H,3-11H2,1-2H3,(H2,19,20,22). The summed E-state index contributed by atoms with van der Waals surface area (Å²) in [5.74, 6) is 2.02. The van der Waals surface area contributed by atoms with Gasteiger partial charge in [0.05, 0.1) is 13.2 Å². The number of urea groups is 1. The van der Waals surface area contributed by atoms with E-state index in [2.05, 4.69) is 21.6 Å².